The summed E-state index contributed by atoms with van der Waals surface area (Å²) in [4.78, 5) is 10.3. The third kappa shape index (κ3) is 2.03. The van der Waals surface area contributed by atoms with E-state index in [0.29, 0.717) is 0 Å². The van der Waals surface area contributed by atoms with E-state index in [1.165, 1.54) is 19.3 Å². The van der Waals surface area contributed by atoms with Crippen LogP contribution in [-0.2, 0) is 4.79 Å². The zero-order valence-corrected chi connectivity index (χ0v) is 7.20. The third-order valence-corrected chi connectivity index (χ3v) is 2.62. The smallest absolute Gasteiger partial charge is 0.137 e. The molecule has 0 saturated heterocycles. The molecular formula is C7H14NOP. The summed E-state index contributed by atoms with van der Waals surface area (Å²) in [6, 6.07) is 0.0651. The number of nitrogens with one attached hydrogen (secondary N) is 1. The zero-order chi connectivity index (χ0) is 7.40. The Labute approximate surface area is 64.0 Å². The van der Waals surface area contributed by atoms with E-state index in [1.54, 1.807) is 0 Å². The van der Waals surface area contributed by atoms with Crippen LogP contribution in [0.25, 0.3) is 0 Å². The Morgan fingerprint density at radius 3 is 2.70 bits per heavy atom. The van der Waals surface area contributed by atoms with Crippen LogP contribution in [0.3, 0.4) is 0 Å². The van der Waals surface area contributed by atoms with E-state index in [1.807, 2.05) is 0 Å². The second kappa shape index (κ2) is 4.05. The highest BCUT2D eigenvalue weighted by Crippen LogP contribution is 2.30. The molecule has 2 unspecified atom stereocenters. The van der Waals surface area contributed by atoms with Gasteiger partial charge < -0.3 is 4.79 Å². The Bertz CT molecular complexity index is 114. The van der Waals surface area contributed by atoms with Gasteiger partial charge >= 0.3 is 0 Å². The van der Waals surface area contributed by atoms with Gasteiger partial charge in [-0.25, -0.2) is 0 Å². The molecule has 0 aromatic carbocycles. The van der Waals surface area contributed by atoms with Crippen molar-refractivity contribution in [2.24, 2.45) is 5.92 Å². The first kappa shape index (κ1) is 8.16. The fourth-order valence-corrected chi connectivity index (χ4v) is 1.47. The molecule has 0 aliphatic heterocycles. The van der Waals surface area contributed by atoms with Crippen molar-refractivity contribution in [2.75, 3.05) is 0 Å². The van der Waals surface area contributed by atoms with E-state index in [4.69, 9.17) is 0 Å². The van der Waals surface area contributed by atoms with Crippen LogP contribution in [-0.4, -0.2) is 12.3 Å². The molecule has 1 aliphatic carbocycles. The number of carbonyl (C=O) groups is 1. The maximum Gasteiger partial charge on any atom is 0.137 e. The largest absolute Gasteiger partial charge is 0.302 e. The van der Waals surface area contributed by atoms with E-state index in [9.17, 15) is 4.79 Å². The lowest BCUT2D eigenvalue weighted by atomic mass is 9.81. The minimum Gasteiger partial charge on any atom is -0.302 e. The predicted octanol–water partition coefficient (Wildman–Crippen LogP) is 1.12. The van der Waals surface area contributed by atoms with Crippen molar-refractivity contribution < 1.29 is 4.79 Å². The van der Waals surface area contributed by atoms with Gasteiger partial charge in [-0.05, 0) is 12.3 Å². The first-order valence-corrected chi connectivity index (χ1v) is 4.36. The van der Waals surface area contributed by atoms with Crippen molar-refractivity contribution in [1.82, 2.24) is 5.09 Å². The van der Waals surface area contributed by atoms with Gasteiger partial charge in [0.05, 0.1) is 6.04 Å². The van der Waals surface area contributed by atoms with Crippen LogP contribution < -0.4 is 5.09 Å². The molecule has 0 heterocycles. The van der Waals surface area contributed by atoms with Crippen LogP contribution in [0.15, 0.2) is 0 Å². The number of carbonyl (C=O) groups excluding carboxylic acids is 1. The summed E-state index contributed by atoms with van der Waals surface area (Å²) in [6.45, 7) is 0. The van der Waals surface area contributed by atoms with Crippen LogP contribution in [0.4, 0.5) is 0 Å². The molecule has 1 N–H and O–H groups in total. The molecule has 2 nitrogen and oxygen atoms in total. The summed E-state index contributed by atoms with van der Waals surface area (Å²) < 4.78 is 0. The number of hydrogen-bond acceptors (Lipinski definition) is 2. The van der Waals surface area contributed by atoms with Gasteiger partial charge in [-0.3, -0.25) is 5.09 Å². The molecule has 1 fully saturated rings. The Hall–Kier alpha value is 0.0600. The van der Waals surface area contributed by atoms with Crippen molar-refractivity contribution in [3.05, 3.63) is 0 Å². The zero-order valence-electron chi connectivity index (χ0n) is 6.05. The maximum atomic E-state index is 10.3. The number of aldehydes is 1. The molecule has 1 saturated carbocycles. The van der Waals surface area contributed by atoms with Gasteiger partial charge in [-0.2, -0.15) is 0 Å². The number of rotatable bonds is 4. The Balaban J connectivity index is 2.13. The number of hydrogen-bond donors (Lipinski definition) is 1. The first-order valence-electron chi connectivity index (χ1n) is 3.78. The quantitative estimate of drug-likeness (QED) is 0.492. The summed E-state index contributed by atoms with van der Waals surface area (Å²) in [5, 5.41) is 2.90. The molecule has 0 spiro atoms. The molecule has 58 valence electrons. The lowest BCUT2D eigenvalue weighted by Gasteiger charge is -2.27. The standard InChI is InChI=1S/C7H14NOP/c9-5-7(8-10)4-6-2-1-3-6/h5-8H,1-4,10H2. The molecule has 1 aliphatic rings. The molecule has 3 heteroatoms. The fraction of sp³-hybridized carbons (Fsp3) is 0.857. The summed E-state index contributed by atoms with van der Waals surface area (Å²) in [5.41, 5.74) is 0. The highest BCUT2D eigenvalue weighted by atomic mass is 31.0. The van der Waals surface area contributed by atoms with Crippen molar-refractivity contribution >= 4 is 15.7 Å². The highest BCUT2D eigenvalue weighted by Gasteiger charge is 2.20. The monoisotopic (exact) mass is 159 g/mol. The minimum absolute atomic E-state index is 0.0651. The van der Waals surface area contributed by atoms with Crippen LogP contribution in [0.5, 0.6) is 0 Å². The van der Waals surface area contributed by atoms with E-state index in [-0.39, 0.29) is 6.04 Å². The summed E-state index contributed by atoms with van der Waals surface area (Å²) >= 11 is 0. The molecule has 0 aromatic heterocycles. The van der Waals surface area contributed by atoms with Gasteiger partial charge in [0.25, 0.3) is 0 Å². The molecule has 0 amide bonds. The topological polar surface area (TPSA) is 29.1 Å². The van der Waals surface area contributed by atoms with Gasteiger partial charge in [-0.15, -0.1) is 0 Å². The molecule has 2 atom stereocenters. The molecule has 0 bridgehead atoms. The molecule has 0 radical (unpaired) electrons. The minimum atomic E-state index is 0.0651. The Morgan fingerprint density at radius 1 is 1.70 bits per heavy atom. The van der Waals surface area contributed by atoms with Crippen molar-refractivity contribution in [2.45, 2.75) is 31.7 Å². The fourth-order valence-electron chi connectivity index (χ4n) is 1.25. The molecule has 10 heavy (non-hydrogen) atoms. The first-order chi connectivity index (χ1) is 4.86. The predicted molar refractivity (Wildman–Crippen MR) is 44.7 cm³/mol. The van der Waals surface area contributed by atoms with Crippen molar-refractivity contribution in [1.29, 1.82) is 0 Å². The van der Waals surface area contributed by atoms with E-state index in [0.717, 1.165) is 18.6 Å². The average Bonchev–Trinajstić information content (AvgIpc) is 1.87. The third-order valence-electron chi connectivity index (χ3n) is 2.19. The summed E-state index contributed by atoms with van der Waals surface area (Å²) in [5.74, 6) is 0.809. The lowest BCUT2D eigenvalue weighted by molar-refractivity contribution is -0.109. The van der Waals surface area contributed by atoms with Gasteiger partial charge in [-0.1, -0.05) is 28.7 Å². The van der Waals surface area contributed by atoms with Crippen molar-refractivity contribution in [3.8, 4) is 0 Å². The van der Waals surface area contributed by atoms with Gasteiger partial charge in [0, 0.05) is 0 Å². The Kier molecular flexibility index (Phi) is 3.30. The van der Waals surface area contributed by atoms with Crippen LogP contribution in [0.1, 0.15) is 25.7 Å². The second-order valence-corrected chi connectivity index (χ2v) is 3.28. The SMILES string of the molecule is O=CC(CC1CCC1)NP. The van der Waals surface area contributed by atoms with E-state index < -0.39 is 0 Å². The maximum absolute atomic E-state index is 10.3. The molecular weight excluding hydrogens is 145 g/mol. The van der Waals surface area contributed by atoms with Crippen LogP contribution >= 0.6 is 9.39 Å². The second-order valence-electron chi connectivity index (χ2n) is 2.94. The summed E-state index contributed by atoms with van der Waals surface area (Å²) in [6.07, 6.45) is 6.00. The van der Waals surface area contributed by atoms with E-state index >= 15 is 0 Å². The van der Waals surface area contributed by atoms with Crippen LogP contribution in [0, 0.1) is 5.92 Å². The summed E-state index contributed by atoms with van der Waals surface area (Å²) in [7, 11) is 2.39. The van der Waals surface area contributed by atoms with Gasteiger partial charge in [0.15, 0.2) is 0 Å². The lowest BCUT2D eigenvalue weighted by Crippen LogP contribution is -2.27. The average molecular weight is 159 g/mol. The van der Waals surface area contributed by atoms with E-state index in [2.05, 4.69) is 14.5 Å². The van der Waals surface area contributed by atoms with Gasteiger partial charge in [0.2, 0.25) is 0 Å². The Morgan fingerprint density at radius 2 is 2.40 bits per heavy atom. The molecule has 1 rings (SSSR count). The van der Waals surface area contributed by atoms with Crippen LogP contribution in [0.2, 0.25) is 0 Å². The van der Waals surface area contributed by atoms with Gasteiger partial charge in [0.1, 0.15) is 6.29 Å². The highest BCUT2D eigenvalue weighted by molar-refractivity contribution is 7.13. The molecule has 0 aromatic rings. The van der Waals surface area contributed by atoms with Crippen molar-refractivity contribution in [3.63, 3.8) is 0 Å². The normalized spacial score (nSPS) is 21.7.